The highest BCUT2D eigenvalue weighted by Crippen LogP contribution is 2.42. The van der Waals surface area contributed by atoms with Crippen LogP contribution in [-0.4, -0.2) is 35.9 Å². The number of rotatable bonds is 1. The molecule has 106 valence electrons. The predicted molar refractivity (Wildman–Crippen MR) is 77.4 cm³/mol. The first kappa shape index (κ1) is 13.2. The molecule has 5 nitrogen and oxygen atoms in total. The number of ketones is 2. The van der Waals surface area contributed by atoms with Crippen LogP contribution in [0.15, 0.2) is 30.3 Å². The largest absolute Gasteiger partial charge is 0.507 e. The molecule has 1 aliphatic rings. The summed E-state index contributed by atoms with van der Waals surface area (Å²) < 4.78 is 0. The van der Waals surface area contributed by atoms with Crippen molar-refractivity contribution < 1.29 is 19.8 Å². The summed E-state index contributed by atoms with van der Waals surface area (Å²) in [6.07, 6.45) is 0. The molecule has 0 aliphatic heterocycles. The molecule has 0 unspecified atom stereocenters. The number of phenols is 2. The van der Waals surface area contributed by atoms with Crippen LogP contribution in [0.1, 0.15) is 31.8 Å². The normalized spacial score (nSPS) is 12.9. The Morgan fingerprint density at radius 2 is 1.43 bits per heavy atom. The zero-order valence-electron chi connectivity index (χ0n) is 11.5. The minimum atomic E-state index is -0.461. The number of phenolic OH excluding ortho intramolecular Hbond substituents is 2. The lowest BCUT2D eigenvalue weighted by atomic mass is 9.82. The van der Waals surface area contributed by atoms with Gasteiger partial charge in [-0.05, 0) is 0 Å². The van der Waals surface area contributed by atoms with E-state index in [-0.39, 0.29) is 39.4 Å². The second-order valence-electron chi connectivity index (χ2n) is 5.11. The average molecular weight is 283 g/mol. The molecule has 0 heterocycles. The smallest absolute Gasteiger partial charge is 0.198 e. The van der Waals surface area contributed by atoms with E-state index in [0.29, 0.717) is 0 Å². The van der Waals surface area contributed by atoms with Gasteiger partial charge in [0.1, 0.15) is 5.75 Å². The van der Waals surface area contributed by atoms with Crippen LogP contribution in [0.5, 0.6) is 11.5 Å². The zero-order valence-corrected chi connectivity index (χ0v) is 11.5. The van der Waals surface area contributed by atoms with Gasteiger partial charge in [-0.1, -0.05) is 24.3 Å². The maximum Gasteiger partial charge on any atom is 0.198 e. The summed E-state index contributed by atoms with van der Waals surface area (Å²) in [7, 11) is 3.34. The highest BCUT2D eigenvalue weighted by Gasteiger charge is 2.35. The summed E-state index contributed by atoms with van der Waals surface area (Å²) in [5.74, 6) is -1.52. The molecule has 2 aromatic carbocycles. The van der Waals surface area contributed by atoms with Crippen molar-refractivity contribution in [2.45, 2.75) is 0 Å². The topological polar surface area (TPSA) is 77.8 Å². The minimum Gasteiger partial charge on any atom is -0.507 e. The van der Waals surface area contributed by atoms with E-state index < -0.39 is 11.6 Å². The van der Waals surface area contributed by atoms with Crippen molar-refractivity contribution in [3.8, 4) is 11.5 Å². The Balaban J connectivity index is 2.38. The first-order valence-electron chi connectivity index (χ1n) is 6.38. The van der Waals surface area contributed by atoms with Gasteiger partial charge < -0.3 is 15.1 Å². The summed E-state index contributed by atoms with van der Waals surface area (Å²) in [6, 6.07) is 7.67. The molecule has 0 radical (unpaired) electrons. The molecule has 0 amide bonds. The maximum atomic E-state index is 12.6. The Bertz CT molecular complexity index is 793. The second kappa shape index (κ2) is 4.34. The monoisotopic (exact) mass is 283 g/mol. The quantitative estimate of drug-likeness (QED) is 0.667. The number of fused-ring (bicyclic) bond motifs is 2. The van der Waals surface area contributed by atoms with Gasteiger partial charge in [-0.2, -0.15) is 0 Å². The lowest BCUT2D eigenvalue weighted by Crippen LogP contribution is -2.22. The van der Waals surface area contributed by atoms with Crippen LogP contribution in [0.4, 0.5) is 5.69 Å². The van der Waals surface area contributed by atoms with Crippen molar-refractivity contribution >= 4 is 17.3 Å². The van der Waals surface area contributed by atoms with Crippen molar-refractivity contribution in [2.75, 3.05) is 19.0 Å². The van der Waals surface area contributed by atoms with Crippen LogP contribution in [-0.2, 0) is 0 Å². The fraction of sp³-hybridized carbons (Fsp3) is 0.125. The van der Waals surface area contributed by atoms with Crippen LogP contribution in [0.2, 0.25) is 0 Å². The molecule has 0 aromatic heterocycles. The minimum absolute atomic E-state index is 0.137. The Labute approximate surface area is 121 Å². The lowest BCUT2D eigenvalue weighted by molar-refractivity contribution is 0.0974. The molecule has 0 bridgehead atoms. The van der Waals surface area contributed by atoms with Crippen LogP contribution >= 0.6 is 0 Å². The first-order valence-corrected chi connectivity index (χ1v) is 6.38. The van der Waals surface area contributed by atoms with Crippen LogP contribution < -0.4 is 4.90 Å². The van der Waals surface area contributed by atoms with E-state index in [2.05, 4.69) is 0 Å². The van der Waals surface area contributed by atoms with E-state index in [9.17, 15) is 19.8 Å². The van der Waals surface area contributed by atoms with E-state index in [0.717, 1.165) is 0 Å². The molecule has 0 atom stereocenters. The number of carbonyl (C=O) groups excluding carboxylic acids is 2. The Hall–Kier alpha value is -2.82. The number of nitrogens with zero attached hydrogens (tertiary/aromatic N) is 1. The summed E-state index contributed by atoms with van der Waals surface area (Å²) in [5, 5.41) is 20.4. The van der Waals surface area contributed by atoms with Gasteiger partial charge in [-0.3, -0.25) is 9.59 Å². The van der Waals surface area contributed by atoms with Crippen LogP contribution in [0.3, 0.4) is 0 Å². The molecule has 5 heteroatoms. The van der Waals surface area contributed by atoms with Gasteiger partial charge in [0.2, 0.25) is 0 Å². The van der Waals surface area contributed by atoms with Gasteiger partial charge in [0, 0.05) is 31.3 Å². The number of aromatic hydroxyl groups is 2. The van der Waals surface area contributed by atoms with E-state index >= 15 is 0 Å². The third-order valence-corrected chi connectivity index (χ3v) is 3.61. The van der Waals surface area contributed by atoms with Gasteiger partial charge >= 0.3 is 0 Å². The van der Waals surface area contributed by atoms with E-state index in [4.69, 9.17) is 0 Å². The molecule has 21 heavy (non-hydrogen) atoms. The van der Waals surface area contributed by atoms with Gasteiger partial charge in [-0.15, -0.1) is 0 Å². The average Bonchev–Trinajstić information content (AvgIpc) is 2.46. The molecule has 0 spiro atoms. The molecule has 0 saturated carbocycles. The zero-order chi connectivity index (χ0) is 15.3. The third kappa shape index (κ3) is 1.71. The van der Waals surface area contributed by atoms with Crippen molar-refractivity contribution in [3.05, 3.63) is 52.6 Å². The molecule has 1 aliphatic carbocycles. The van der Waals surface area contributed by atoms with E-state index in [1.807, 2.05) is 0 Å². The summed E-state index contributed by atoms with van der Waals surface area (Å²) >= 11 is 0. The lowest BCUT2D eigenvalue weighted by Gasteiger charge is -2.23. The number of hydrogen-bond donors (Lipinski definition) is 2. The van der Waals surface area contributed by atoms with Gasteiger partial charge in [0.25, 0.3) is 0 Å². The standard InChI is InChI=1S/C16H13NO4/c1-17(2)10-7-11(18)12-13(16(10)21)15(20)9-6-4-3-5-8(9)14(12)19/h3-7,18,21H,1-2H3. The Kier molecular flexibility index (Phi) is 2.73. The number of benzene rings is 2. The summed E-state index contributed by atoms with van der Waals surface area (Å²) in [4.78, 5) is 26.6. The predicted octanol–water partition coefficient (Wildman–Crippen LogP) is 1.94. The molecule has 3 rings (SSSR count). The fourth-order valence-corrected chi connectivity index (χ4v) is 2.58. The molecule has 2 aromatic rings. The van der Waals surface area contributed by atoms with E-state index in [1.54, 1.807) is 31.1 Å². The van der Waals surface area contributed by atoms with Crippen molar-refractivity contribution in [3.63, 3.8) is 0 Å². The molecular formula is C16H13NO4. The van der Waals surface area contributed by atoms with Gasteiger partial charge in [-0.25, -0.2) is 0 Å². The SMILES string of the molecule is CN(C)c1cc(O)c2c(c1O)C(=O)c1ccccc1C2=O. The molecule has 2 N–H and O–H groups in total. The first-order chi connectivity index (χ1) is 9.93. The van der Waals surface area contributed by atoms with Gasteiger partial charge in [0.15, 0.2) is 17.3 Å². The highest BCUT2D eigenvalue weighted by atomic mass is 16.3. The molecule has 0 fully saturated rings. The van der Waals surface area contributed by atoms with Crippen LogP contribution in [0.25, 0.3) is 0 Å². The third-order valence-electron chi connectivity index (χ3n) is 3.61. The van der Waals surface area contributed by atoms with Crippen molar-refractivity contribution in [1.29, 1.82) is 0 Å². The number of hydrogen-bond acceptors (Lipinski definition) is 5. The fourth-order valence-electron chi connectivity index (χ4n) is 2.58. The Morgan fingerprint density at radius 1 is 0.905 bits per heavy atom. The molecule has 0 saturated heterocycles. The van der Waals surface area contributed by atoms with E-state index in [1.165, 1.54) is 18.2 Å². The summed E-state index contributed by atoms with van der Waals surface area (Å²) in [5.41, 5.74) is 0.485. The highest BCUT2D eigenvalue weighted by molar-refractivity contribution is 6.30. The summed E-state index contributed by atoms with van der Waals surface area (Å²) in [6.45, 7) is 0. The van der Waals surface area contributed by atoms with Crippen molar-refractivity contribution in [2.24, 2.45) is 0 Å². The molecular weight excluding hydrogens is 270 g/mol. The Morgan fingerprint density at radius 3 is 1.95 bits per heavy atom. The number of carbonyl (C=O) groups is 2. The maximum absolute atomic E-state index is 12.6. The van der Waals surface area contributed by atoms with Crippen LogP contribution in [0, 0.1) is 0 Å². The van der Waals surface area contributed by atoms with Crippen molar-refractivity contribution in [1.82, 2.24) is 0 Å². The second-order valence-corrected chi connectivity index (χ2v) is 5.11. The van der Waals surface area contributed by atoms with Gasteiger partial charge in [0.05, 0.1) is 16.8 Å². The number of anilines is 1.